The number of hydrogen-bond acceptors (Lipinski definition) is 8. The molecule has 11 heteroatoms. The Balaban J connectivity index is 1.11. The molecular formula is C31H40N8O3. The molecule has 1 amide bonds. The fourth-order valence-electron chi connectivity index (χ4n) is 6.71. The first-order chi connectivity index (χ1) is 20.3. The van der Waals surface area contributed by atoms with E-state index in [-0.39, 0.29) is 11.5 Å². The molecule has 42 heavy (non-hydrogen) atoms. The van der Waals surface area contributed by atoms with Gasteiger partial charge >= 0.3 is 6.09 Å². The summed E-state index contributed by atoms with van der Waals surface area (Å²) < 4.78 is 13.4. The largest absolute Gasteiger partial charge is 0.444 e. The van der Waals surface area contributed by atoms with Crippen molar-refractivity contribution in [1.82, 2.24) is 34.4 Å². The van der Waals surface area contributed by atoms with E-state index in [1.165, 1.54) is 0 Å². The smallest absolute Gasteiger partial charge is 0.410 e. The Morgan fingerprint density at radius 1 is 1.05 bits per heavy atom. The lowest BCUT2D eigenvalue weighted by atomic mass is 9.78. The van der Waals surface area contributed by atoms with Crippen LogP contribution in [0.2, 0.25) is 0 Å². The van der Waals surface area contributed by atoms with E-state index in [4.69, 9.17) is 19.4 Å². The monoisotopic (exact) mass is 572 g/mol. The molecular weight excluding hydrogens is 532 g/mol. The number of morpholine rings is 1. The molecule has 0 radical (unpaired) electrons. The number of aromatic nitrogens is 5. The van der Waals surface area contributed by atoms with Gasteiger partial charge in [0.1, 0.15) is 5.60 Å². The number of benzene rings is 1. The van der Waals surface area contributed by atoms with Crippen LogP contribution in [-0.4, -0.2) is 98.5 Å². The third-order valence-electron chi connectivity index (χ3n) is 8.92. The number of nitrogens with zero attached hydrogens (tertiary/aromatic N) is 7. The van der Waals surface area contributed by atoms with E-state index < -0.39 is 5.60 Å². The molecule has 1 spiro atoms. The van der Waals surface area contributed by atoms with E-state index in [9.17, 15) is 4.79 Å². The zero-order valence-electron chi connectivity index (χ0n) is 24.8. The topological polar surface area (TPSA) is 104 Å². The van der Waals surface area contributed by atoms with Gasteiger partial charge in [-0.15, -0.1) is 0 Å². The second kappa shape index (κ2) is 10.5. The maximum absolute atomic E-state index is 12.6. The molecule has 0 bridgehead atoms. The third-order valence-corrected chi connectivity index (χ3v) is 8.92. The Hall–Kier alpha value is -3.70. The van der Waals surface area contributed by atoms with Gasteiger partial charge in [0.25, 0.3) is 0 Å². The summed E-state index contributed by atoms with van der Waals surface area (Å²) in [6.07, 6.45) is 9.12. The maximum atomic E-state index is 12.6. The molecule has 0 atom stereocenters. The number of likely N-dealkylation sites (tertiary alicyclic amines) is 2. The summed E-state index contributed by atoms with van der Waals surface area (Å²) in [6, 6.07) is 6.17. The highest BCUT2D eigenvalue weighted by Crippen LogP contribution is 2.41. The van der Waals surface area contributed by atoms with Crippen molar-refractivity contribution < 1.29 is 14.3 Å². The standard InChI is InChI=1S/C31H40N8O3/c1-30(2,3)42-29(40)38-11-8-31(9-12-38)7-10-36(21-31)18-22-19-39-20-26(23-5-4-6-25-24(23)17-32-35-25)34-28(27(39)33-22)37-13-15-41-16-14-37/h4-6,17,19-20H,7-16,18,21H2,1-3H3,(H,32,35). The molecule has 3 aliphatic rings. The van der Waals surface area contributed by atoms with Gasteiger partial charge in [-0.2, -0.15) is 5.10 Å². The SMILES string of the molecule is CC(C)(C)OC(=O)N1CCC2(CCN(Cc3cn4cc(-c5cccc6[nH]ncc56)nc(N5CCOCC5)c4n3)C2)CC1. The van der Waals surface area contributed by atoms with Crippen LogP contribution >= 0.6 is 0 Å². The third kappa shape index (κ3) is 5.31. The number of ether oxygens (including phenoxy) is 2. The lowest BCUT2D eigenvalue weighted by Gasteiger charge is -2.39. The van der Waals surface area contributed by atoms with Crippen LogP contribution in [0.25, 0.3) is 27.8 Å². The first-order valence-corrected chi connectivity index (χ1v) is 15.1. The van der Waals surface area contributed by atoms with Crippen molar-refractivity contribution >= 4 is 28.5 Å². The Bertz CT molecular complexity index is 1590. The van der Waals surface area contributed by atoms with E-state index in [1.807, 2.05) is 44.0 Å². The number of rotatable bonds is 4. The van der Waals surface area contributed by atoms with E-state index in [2.05, 4.69) is 42.9 Å². The van der Waals surface area contributed by atoms with Crippen LogP contribution in [0.15, 0.2) is 36.8 Å². The molecule has 3 aromatic heterocycles. The number of anilines is 1. The second-order valence-electron chi connectivity index (χ2n) is 13.1. The van der Waals surface area contributed by atoms with Gasteiger partial charge in [0, 0.05) is 62.6 Å². The number of imidazole rings is 1. The van der Waals surface area contributed by atoms with Gasteiger partial charge in [-0.25, -0.2) is 14.8 Å². The Labute approximate surface area is 245 Å². The first kappa shape index (κ1) is 27.2. The van der Waals surface area contributed by atoms with Crippen molar-refractivity contribution in [2.24, 2.45) is 5.41 Å². The summed E-state index contributed by atoms with van der Waals surface area (Å²) in [5.41, 5.74) is 4.67. The van der Waals surface area contributed by atoms with Gasteiger partial charge in [-0.3, -0.25) is 10.00 Å². The summed E-state index contributed by atoms with van der Waals surface area (Å²) >= 11 is 0. The number of carbonyl (C=O) groups is 1. The predicted molar refractivity (Wildman–Crippen MR) is 160 cm³/mol. The lowest BCUT2D eigenvalue weighted by molar-refractivity contribution is 0.0109. The molecule has 7 rings (SSSR count). The van der Waals surface area contributed by atoms with Gasteiger partial charge in [-0.1, -0.05) is 12.1 Å². The van der Waals surface area contributed by atoms with Crippen molar-refractivity contribution in [1.29, 1.82) is 0 Å². The Morgan fingerprint density at radius 3 is 2.62 bits per heavy atom. The average molecular weight is 573 g/mol. The van der Waals surface area contributed by atoms with Crippen molar-refractivity contribution in [2.45, 2.75) is 52.2 Å². The summed E-state index contributed by atoms with van der Waals surface area (Å²) in [4.78, 5) is 29.6. The minimum Gasteiger partial charge on any atom is -0.444 e. The van der Waals surface area contributed by atoms with E-state index >= 15 is 0 Å². The normalized spacial score (nSPS) is 19.8. The molecule has 3 saturated heterocycles. The zero-order chi connectivity index (χ0) is 28.9. The molecule has 1 aromatic carbocycles. The van der Waals surface area contributed by atoms with Gasteiger partial charge in [0.15, 0.2) is 11.5 Å². The summed E-state index contributed by atoms with van der Waals surface area (Å²) in [5.74, 6) is 0.898. The minimum absolute atomic E-state index is 0.190. The van der Waals surface area contributed by atoms with Gasteiger partial charge in [0.2, 0.25) is 0 Å². The van der Waals surface area contributed by atoms with Crippen molar-refractivity contribution in [3.8, 4) is 11.3 Å². The van der Waals surface area contributed by atoms with Crippen molar-refractivity contribution in [2.75, 3.05) is 57.4 Å². The van der Waals surface area contributed by atoms with E-state index in [0.29, 0.717) is 13.2 Å². The second-order valence-corrected chi connectivity index (χ2v) is 13.1. The molecule has 11 nitrogen and oxygen atoms in total. The Morgan fingerprint density at radius 2 is 1.83 bits per heavy atom. The van der Waals surface area contributed by atoms with Crippen molar-refractivity contribution in [3.05, 3.63) is 42.5 Å². The average Bonchev–Trinajstić information content (AvgIpc) is 3.71. The summed E-state index contributed by atoms with van der Waals surface area (Å²) in [7, 11) is 0. The first-order valence-electron chi connectivity index (χ1n) is 15.1. The molecule has 1 N–H and O–H groups in total. The van der Waals surface area contributed by atoms with Crippen LogP contribution < -0.4 is 4.90 Å². The number of H-pyrrole nitrogens is 1. The highest BCUT2D eigenvalue weighted by molar-refractivity contribution is 5.93. The highest BCUT2D eigenvalue weighted by Gasteiger charge is 2.42. The number of aromatic amines is 1. The highest BCUT2D eigenvalue weighted by atomic mass is 16.6. The number of fused-ring (bicyclic) bond motifs is 2. The molecule has 0 unspecified atom stereocenters. The maximum Gasteiger partial charge on any atom is 0.410 e. The Kier molecular flexibility index (Phi) is 6.81. The predicted octanol–water partition coefficient (Wildman–Crippen LogP) is 4.33. The van der Waals surface area contributed by atoms with Crippen LogP contribution in [0.1, 0.15) is 45.7 Å². The van der Waals surface area contributed by atoms with Crippen molar-refractivity contribution in [3.63, 3.8) is 0 Å². The number of hydrogen-bond donors (Lipinski definition) is 1. The molecule has 6 heterocycles. The number of carbonyl (C=O) groups excluding carboxylic acids is 1. The number of nitrogens with one attached hydrogen (secondary N) is 1. The fourth-order valence-corrected chi connectivity index (χ4v) is 6.71. The quantitative estimate of drug-likeness (QED) is 0.385. The van der Waals surface area contributed by atoms with E-state index in [1.54, 1.807) is 0 Å². The summed E-state index contributed by atoms with van der Waals surface area (Å²) in [5, 5.41) is 8.39. The van der Waals surface area contributed by atoms with Gasteiger partial charge in [-0.05, 0) is 58.1 Å². The molecule has 3 aliphatic heterocycles. The van der Waals surface area contributed by atoms with Crippen LogP contribution in [0, 0.1) is 5.41 Å². The number of piperidine rings is 1. The lowest BCUT2D eigenvalue weighted by Crippen LogP contribution is -2.46. The van der Waals surface area contributed by atoms with Crippen LogP contribution in [0.3, 0.4) is 0 Å². The molecule has 0 aliphatic carbocycles. The fraction of sp³-hybridized carbons (Fsp3) is 0.548. The van der Waals surface area contributed by atoms with Gasteiger partial charge < -0.3 is 23.7 Å². The van der Waals surface area contributed by atoms with Crippen LogP contribution in [0.5, 0.6) is 0 Å². The molecule has 4 aromatic rings. The molecule has 222 valence electrons. The molecule has 3 fully saturated rings. The molecule has 0 saturated carbocycles. The van der Waals surface area contributed by atoms with E-state index in [0.717, 1.165) is 104 Å². The number of amides is 1. The van der Waals surface area contributed by atoms with Crippen LogP contribution in [-0.2, 0) is 16.0 Å². The summed E-state index contributed by atoms with van der Waals surface area (Å²) in [6.45, 7) is 13.1. The van der Waals surface area contributed by atoms with Gasteiger partial charge in [0.05, 0.1) is 36.3 Å². The van der Waals surface area contributed by atoms with Crippen LogP contribution in [0.4, 0.5) is 10.6 Å². The zero-order valence-corrected chi connectivity index (χ0v) is 24.8. The minimum atomic E-state index is -0.463.